The van der Waals surface area contributed by atoms with E-state index in [1.54, 1.807) is 7.11 Å². The fourth-order valence-electron chi connectivity index (χ4n) is 1.88. The molecule has 2 aromatic carbocycles. The smallest absolute Gasteiger partial charge is 0.149 e. The molecule has 0 aliphatic carbocycles. The van der Waals surface area contributed by atoms with Crippen LogP contribution in [-0.4, -0.2) is 7.11 Å². The summed E-state index contributed by atoms with van der Waals surface area (Å²) in [6.07, 6.45) is 0. The van der Waals surface area contributed by atoms with Gasteiger partial charge in [-0.25, -0.2) is 8.78 Å². The van der Waals surface area contributed by atoms with E-state index in [-0.39, 0.29) is 5.69 Å². The van der Waals surface area contributed by atoms with E-state index >= 15 is 0 Å². The highest BCUT2D eigenvalue weighted by molar-refractivity contribution is 5.46. The molecule has 4 heteroatoms. The third kappa shape index (κ3) is 3.22. The van der Waals surface area contributed by atoms with Gasteiger partial charge in [0.2, 0.25) is 0 Å². The van der Waals surface area contributed by atoms with Crippen molar-refractivity contribution in [1.82, 2.24) is 0 Å². The first-order valence-corrected chi connectivity index (χ1v) is 5.92. The van der Waals surface area contributed by atoms with Gasteiger partial charge in [-0.15, -0.1) is 0 Å². The quantitative estimate of drug-likeness (QED) is 0.903. The lowest BCUT2D eigenvalue weighted by molar-refractivity contribution is 0.411. The number of rotatable bonds is 4. The van der Waals surface area contributed by atoms with Crippen molar-refractivity contribution < 1.29 is 13.5 Å². The number of aryl methyl sites for hydroxylation is 1. The summed E-state index contributed by atoms with van der Waals surface area (Å²) >= 11 is 0. The van der Waals surface area contributed by atoms with Crippen LogP contribution in [0, 0.1) is 18.6 Å². The molecule has 0 saturated heterocycles. The van der Waals surface area contributed by atoms with Gasteiger partial charge in [0, 0.05) is 12.6 Å². The van der Waals surface area contributed by atoms with E-state index in [0.29, 0.717) is 6.54 Å². The van der Waals surface area contributed by atoms with Gasteiger partial charge in [-0.05, 0) is 36.2 Å². The molecule has 0 amide bonds. The molecule has 0 fully saturated rings. The van der Waals surface area contributed by atoms with Crippen LogP contribution in [-0.2, 0) is 6.54 Å². The van der Waals surface area contributed by atoms with Gasteiger partial charge in [-0.1, -0.05) is 12.1 Å². The van der Waals surface area contributed by atoms with Crippen molar-refractivity contribution in [2.24, 2.45) is 0 Å². The lowest BCUT2D eigenvalue weighted by Crippen LogP contribution is -2.02. The number of benzene rings is 2. The average Bonchev–Trinajstić information content (AvgIpc) is 2.38. The Bertz CT molecular complexity index is 584. The summed E-state index contributed by atoms with van der Waals surface area (Å²) in [5.74, 6) is -0.356. The summed E-state index contributed by atoms with van der Waals surface area (Å²) in [6.45, 7) is 2.41. The van der Waals surface area contributed by atoms with Gasteiger partial charge in [0.05, 0.1) is 12.8 Å². The molecule has 0 radical (unpaired) electrons. The first kappa shape index (κ1) is 13.3. The van der Waals surface area contributed by atoms with Crippen molar-refractivity contribution in [2.75, 3.05) is 12.4 Å². The zero-order valence-corrected chi connectivity index (χ0v) is 10.8. The molecule has 100 valence electrons. The summed E-state index contributed by atoms with van der Waals surface area (Å²) in [5, 5.41) is 2.94. The zero-order valence-electron chi connectivity index (χ0n) is 10.8. The van der Waals surface area contributed by atoms with Crippen LogP contribution in [0.15, 0.2) is 36.4 Å². The van der Waals surface area contributed by atoms with Crippen LogP contribution in [0.1, 0.15) is 11.1 Å². The molecule has 2 aromatic rings. The van der Waals surface area contributed by atoms with Crippen LogP contribution in [0.5, 0.6) is 5.75 Å². The number of methoxy groups -OCH3 is 1. The topological polar surface area (TPSA) is 21.3 Å². The highest BCUT2D eigenvalue weighted by Crippen LogP contribution is 2.20. The Labute approximate surface area is 111 Å². The molecular formula is C15H15F2NO. The predicted octanol–water partition coefficient (Wildman–Crippen LogP) is 3.89. The molecule has 0 aliphatic rings. The Hall–Kier alpha value is -2.10. The minimum Gasteiger partial charge on any atom is -0.496 e. The van der Waals surface area contributed by atoms with Gasteiger partial charge in [-0.3, -0.25) is 0 Å². The zero-order chi connectivity index (χ0) is 13.8. The SMILES string of the molecule is COc1ccc(CNc2ccc(F)cc2F)cc1C. The van der Waals surface area contributed by atoms with E-state index in [2.05, 4.69) is 5.32 Å². The van der Waals surface area contributed by atoms with Crippen molar-refractivity contribution in [1.29, 1.82) is 0 Å². The summed E-state index contributed by atoms with van der Waals surface area (Å²) in [4.78, 5) is 0. The Balaban J connectivity index is 2.08. The van der Waals surface area contributed by atoms with Crippen LogP contribution in [0.2, 0.25) is 0 Å². The average molecular weight is 263 g/mol. The maximum atomic E-state index is 13.4. The monoisotopic (exact) mass is 263 g/mol. The fraction of sp³-hybridized carbons (Fsp3) is 0.200. The highest BCUT2D eigenvalue weighted by atomic mass is 19.1. The Morgan fingerprint density at radius 1 is 1.11 bits per heavy atom. The summed E-state index contributed by atoms with van der Waals surface area (Å²) in [5.41, 5.74) is 2.30. The van der Waals surface area contributed by atoms with E-state index in [1.807, 2.05) is 25.1 Å². The third-order valence-corrected chi connectivity index (χ3v) is 2.87. The fourth-order valence-corrected chi connectivity index (χ4v) is 1.88. The minimum atomic E-state index is -0.592. The number of nitrogens with one attached hydrogen (secondary N) is 1. The van der Waals surface area contributed by atoms with Crippen molar-refractivity contribution >= 4 is 5.69 Å². The van der Waals surface area contributed by atoms with Crippen molar-refractivity contribution in [3.63, 3.8) is 0 Å². The molecule has 0 atom stereocenters. The van der Waals surface area contributed by atoms with Gasteiger partial charge < -0.3 is 10.1 Å². The minimum absolute atomic E-state index is 0.287. The molecule has 0 unspecified atom stereocenters. The predicted molar refractivity (Wildman–Crippen MR) is 71.4 cm³/mol. The van der Waals surface area contributed by atoms with E-state index in [9.17, 15) is 8.78 Å². The second kappa shape index (κ2) is 5.69. The number of hydrogen-bond acceptors (Lipinski definition) is 2. The molecule has 1 N–H and O–H groups in total. The summed E-state index contributed by atoms with van der Waals surface area (Å²) in [7, 11) is 1.62. The molecule has 2 nitrogen and oxygen atoms in total. The lowest BCUT2D eigenvalue weighted by Gasteiger charge is -2.10. The third-order valence-electron chi connectivity index (χ3n) is 2.87. The van der Waals surface area contributed by atoms with Gasteiger partial charge in [0.1, 0.15) is 17.4 Å². The molecule has 0 aliphatic heterocycles. The Morgan fingerprint density at radius 2 is 1.89 bits per heavy atom. The molecule has 0 saturated carbocycles. The largest absolute Gasteiger partial charge is 0.496 e. The Kier molecular flexibility index (Phi) is 4.00. The molecule has 0 aromatic heterocycles. The van der Waals surface area contributed by atoms with Crippen LogP contribution < -0.4 is 10.1 Å². The van der Waals surface area contributed by atoms with Crippen LogP contribution in [0.3, 0.4) is 0 Å². The van der Waals surface area contributed by atoms with Crippen LogP contribution >= 0.6 is 0 Å². The lowest BCUT2D eigenvalue weighted by atomic mass is 10.1. The van der Waals surface area contributed by atoms with E-state index in [4.69, 9.17) is 4.74 Å². The maximum absolute atomic E-state index is 13.4. The van der Waals surface area contributed by atoms with Crippen LogP contribution in [0.4, 0.5) is 14.5 Å². The van der Waals surface area contributed by atoms with Gasteiger partial charge in [-0.2, -0.15) is 0 Å². The molecule has 0 bridgehead atoms. The molecule has 19 heavy (non-hydrogen) atoms. The number of anilines is 1. The number of hydrogen-bond donors (Lipinski definition) is 1. The van der Waals surface area contributed by atoms with E-state index < -0.39 is 11.6 Å². The molecule has 0 spiro atoms. The highest BCUT2D eigenvalue weighted by Gasteiger charge is 2.04. The maximum Gasteiger partial charge on any atom is 0.149 e. The molecule has 0 heterocycles. The van der Waals surface area contributed by atoms with Crippen molar-refractivity contribution in [3.8, 4) is 5.75 Å². The molecular weight excluding hydrogens is 248 g/mol. The van der Waals surface area contributed by atoms with Gasteiger partial charge >= 0.3 is 0 Å². The van der Waals surface area contributed by atoms with Crippen LogP contribution in [0.25, 0.3) is 0 Å². The van der Waals surface area contributed by atoms with E-state index in [1.165, 1.54) is 12.1 Å². The van der Waals surface area contributed by atoms with Crippen molar-refractivity contribution in [3.05, 3.63) is 59.2 Å². The summed E-state index contributed by atoms with van der Waals surface area (Å²) < 4.78 is 31.4. The standard InChI is InChI=1S/C15H15F2NO/c1-10-7-11(3-6-15(10)19-2)9-18-14-5-4-12(16)8-13(14)17/h3-8,18H,9H2,1-2H3. The first-order valence-electron chi connectivity index (χ1n) is 5.92. The Morgan fingerprint density at radius 3 is 2.53 bits per heavy atom. The van der Waals surface area contributed by atoms with Gasteiger partial charge in [0.25, 0.3) is 0 Å². The number of ether oxygens (including phenoxy) is 1. The van der Waals surface area contributed by atoms with Gasteiger partial charge in [0.15, 0.2) is 0 Å². The normalized spacial score (nSPS) is 10.3. The molecule has 2 rings (SSSR count). The first-order chi connectivity index (χ1) is 9.10. The summed E-state index contributed by atoms with van der Waals surface area (Å²) in [6, 6.07) is 9.22. The second-order valence-electron chi connectivity index (χ2n) is 4.28. The second-order valence-corrected chi connectivity index (χ2v) is 4.28. The number of halogens is 2. The van der Waals surface area contributed by atoms with E-state index in [0.717, 1.165) is 22.9 Å². The van der Waals surface area contributed by atoms with Crippen molar-refractivity contribution in [2.45, 2.75) is 13.5 Å².